The van der Waals surface area contributed by atoms with Gasteiger partial charge in [-0.15, -0.1) is 0 Å². The number of aromatic nitrogens is 1. The molecule has 3 nitrogen and oxygen atoms in total. The molecule has 0 saturated heterocycles. The quantitative estimate of drug-likeness (QED) is 0.902. The highest BCUT2D eigenvalue weighted by Gasteiger charge is 2.24. The molecular formula is C16H19ClN2O. The Morgan fingerprint density at radius 1 is 1.25 bits per heavy atom. The van der Waals surface area contributed by atoms with Gasteiger partial charge < -0.3 is 10.4 Å². The third-order valence-corrected chi connectivity index (χ3v) is 4.42. The van der Waals surface area contributed by atoms with Crippen LogP contribution in [0.4, 0.5) is 5.69 Å². The zero-order chi connectivity index (χ0) is 13.9. The van der Waals surface area contributed by atoms with Gasteiger partial charge >= 0.3 is 0 Å². The third kappa shape index (κ3) is 2.74. The molecule has 0 bridgehead atoms. The third-order valence-electron chi connectivity index (χ3n) is 4.19. The van der Waals surface area contributed by atoms with Crippen molar-refractivity contribution in [3.8, 4) is 0 Å². The van der Waals surface area contributed by atoms with Crippen molar-refractivity contribution >= 4 is 28.2 Å². The Balaban J connectivity index is 1.90. The zero-order valence-electron chi connectivity index (χ0n) is 11.3. The molecule has 4 heteroatoms. The van der Waals surface area contributed by atoms with Crippen LogP contribution >= 0.6 is 11.6 Å². The van der Waals surface area contributed by atoms with Crippen LogP contribution in [0.2, 0.25) is 5.02 Å². The van der Waals surface area contributed by atoms with Crippen molar-refractivity contribution in [1.29, 1.82) is 0 Å². The number of hydrogen-bond acceptors (Lipinski definition) is 3. The summed E-state index contributed by atoms with van der Waals surface area (Å²) in [6.45, 7) is 0.256. The first-order valence-electron chi connectivity index (χ1n) is 7.19. The summed E-state index contributed by atoms with van der Waals surface area (Å²) in [5.74, 6) is 0.347. The Kier molecular flexibility index (Phi) is 4.08. The highest BCUT2D eigenvalue weighted by molar-refractivity contribution is 6.31. The van der Waals surface area contributed by atoms with Gasteiger partial charge in [0.05, 0.1) is 5.52 Å². The second-order valence-corrected chi connectivity index (χ2v) is 5.93. The van der Waals surface area contributed by atoms with Crippen LogP contribution in [0.25, 0.3) is 10.9 Å². The molecule has 3 rings (SSSR count). The minimum absolute atomic E-state index is 0.256. The highest BCUT2D eigenvalue weighted by Crippen LogP contribution is 2.30. The second-order valence-electron chi connectivity index (χ2n) is 5.50. The van der Waals surface area contributed by atoms with Crippen LogP contribution in [0, 0.1) is 5.92 Å². The average molecular weight is 291 g/mol. The Morgan fingerprint density at radius 2 is 2.10 bits per heavy atom. The number of anilines is 1. The topological polar surface area (TPSA) is 45.1 Å². The lowest BCUT2D eigenvalue weighted by Crippen LogP contribution is -2.34. The zero-order valence-corrected chi connectivity index (χ0v) is 12.1. The second kappa shape index (κ2) is 5.98. The van der Waals surface area contributed by atoms with E-state index in [0.717, 1.165) is 29.4 Å². The summed E-state index contributed by atoms with van der Waals surface area (Å²) in [6, 6.07) is 8.12. The predicted molar refractivity (Wildman–Crippen MR) is 83.2 cm³/mol. The summed E-state index contributed by atoms with van der Waals surface area (Å²) in [5, 5.41) is 14.9. The lowest BCUT2D eigenvalue weighted by atomic mass is 9.85. The normalized spacial score (nSPS) is 22.9. The van der Waals surface area contributed by atoms with E-state index in [9.17, 15) is 5.11 Å². The molecule has 20 heavy (non-hydrogen) atoms. The van der Waals surface area contributed by atoms with E-state index in [0.29, 0.717) is 17.0 Å². The first-order chi connectivity index (χ1) is 9.78. The van der Waals surface area contributed by atoms with Gasteiger partial charge in [-0.2, -0.15) is 0 Å². The van der Waals surface area contributed by atoms with Crippen molar-refractivity contribution in [2.45, 2.75) is 31.7 Å². The maximum absolute atomic E-state index is 9.52. The van der Waals surface area contributed by atoms with E-state index < -0.39 is 0 Å². The summed E-state index contributed by atoms with van der Waals surface area (Å²) in [4.78, 5) is 4.36. The number of hydrogen-bond donors (Lipinski definition) is 2. The highest BCUT2D eigenvalue weighted by atomic mass is 35.5. The van der Waals surface area contributed by atoms with E-state index in [1.54, 1.807) is 6.20 Å². The van der Waals surface area contributed by atoms with Gasteiger partial charge in [0.15, 0.2) is 0 Å². The molecule has 2 unspecified atom stereocenters. The van der Waals surface area contributed by atoms with Crippen LogP contribution in [0.1, 0.15) is 25.7 Å². The van der Waals surface area contributed by atoms with Crippen LogP contribution in [0.15, 0.2) is 30.5 Å². The molecule has 2 N–H and O–H groups in total. The Labute approximate surface area is 124 Å². The van der Waals surface area contributed by atoms with E-state index >= 15 is 0 Å². The minimum Gasteiger partial charge on any atom is -0.396 e. The van der Waals surface area contributed by atoms with Crippen molar-refractivity contribution in [3.05, 3.63) is 35.5 Å². The number of fused-ring (bicyclic) bond motifs is 1. The Bertz CT molecular complexity index is 602. The van der Waals surface area contributed by atoms with Crippen LogP contribution < -0.4 is 5.32 Å². The molecule has 1 aromatic carbocycles. The number of benzene rings is 1. The van der Waals surface area contributed by atoms with Crippen molar-refractivity contribution in [1.82, 2.24) is 4.98 Å². The van der Waals surface area contributed by atoms with Gasteiger partial charge in [0.2, 0.25) is 0 Å². The SMILES string of the molecule is OCC1CCCCC1Nc1ccnc2cc(Cl)ccc12. The number of nitrogens with one attached hydrogen (secondary N) is 1. The molecule has 1 fully saturated rings. The van der Waals surface area contributed by atoms with E-state index in [1.165, 1.54) is 12.8 Å². The van der Waals surface area contributed by atoms with Gasteiger partial charge in [-0.1, -0.05) is 24.4 Å². The standard InChI is InChI=1S/C16H19ClN2O/c17-12-5-6-13-15(7-8-18-16(13)9-12)19-14-4-2-1-3-11(14)10-20/h5-9,11,14,20H,1-4,10H2,(H,18,19). The molecule has 1 aliphatic carbocycles. The molecule has 0 spiro atoms. The first kappa shape index (κ1) is 13.7. The first-order valence-corrected chi connectivity index (χ1v) is 7.57. The molecule has 0 aliphatic heterocycles. The molecule has 1 heterocycles. The molecule has 1 aliphatic rings. The number of aliphatic hydroxyl groups is 1. The van der Waals surface area contributed by atoms with Gasteiger partial charge in [0, 0.05) is 40.9 Å². The fourth-order valence-corrected chi connectivity index (χ4v) is 3.23. The Hall–Kier alpha value is -1.32. The van der Waals surface area contributed by atoms with Crippen molar-refractivity contribution in [3.63, 3.8) is 0 Å². The van der Waals surface area contributed by atoms with Crippen LogP contribution in [-0.4, -0.2) is 22.7 Å². The number of pyridine rings is 1. The number of nitrogens with zero attached hydrogens (tertiary/aromatic N) is 1. The summed E-state index contributed by atoms with van der Waals surface area (Å²) in [7, 11) is 0. The van der Waals surface area contributed by atoms with Gasteiger partial charge in [-0.3, -0.25) is 4.98 Å². The molecule has 2 atom stereocenters. The fraction of sp³-hybridized carbons (Fsp3) is 0.438. The van der Waals surface area contributed by atoms with Gasteiger partial charge in [0.25, 0.3) is 0 Å². The molecule has 106 valence electrons. The molecule has 1 saturated carbocycles. The number of halogens is 1. The van der Waals surface area contributed by atoms with Crippen LogP contribution in [-0.2, 0) is 0 Å². The molecule has 0 radical (unpaired) electrons. The monoisotopic (exact) mass is 290 g/mol. The van der Waals surface area contributed by atoms with Crippen molar-refractivity contribution in [2.24, 2.45) is 5.92 Å². The average Bonchev–Trinajstić information content (AvgIpc) is 2.47. The maximum Gasteiger partial charge on any atom is 0.0737 e. The van der Waals surface area contributed by atoms with Crippen LogP contribution in [0.3, 0.4) is 0 Å². The van der Waals surface area contributed by atoms with E-state index in [4.69, 9.17) is 11.6 Å². The van der Waals surface area contributed by atoms with Gasteiger partial charge in [0.1, 0.15) is 0 Å². The van der Waals surface area contributed by atoms with E-state index in [-0.39, 0.29) is 6.61 Å². The maximum atomic E-state index is 9.52. The molecule has 2 aromatic rings. The molecule has 0 amide bonds. The largest absolute Gasteiger partial charge is 0.396 e. The number of rotatable bonds is 3. The summed E-state index contributed by atoms with van der Waals surface area (Å²) in [6.07, 6.45) is 6.46. The summed E-state index contributed by atoms with van der Waals surface area (Å²) < 4.78 is 0. The van der Waals surface area contributed by atoms with E-state index in [1.807, 2.05) is 24.3 Å². The molecular weight excluding hydrogens is 272 g/mol. The lowest BCUT2D eigenvalue weighted by molar-refractivity contribution is 0.178. The van der Waals surface area contributed by atoms with E-state index in [2.05, 4.69) is 10.3 Å². The summed E-state index contributed by atoms with van der Waals surface area (Å²) >= 11 is 6.02. The lowest BCUT2D eigenvalue weighted by Gasteiger charge is -2.32. The molecule has 1 aromatic heterocycles. The van der Waals surface area contributed by atoms with Crippen LogP contribution in [0.5, 0.6) is 0 Å². The Morgan fingerprint density at radius 3 is 2.95 bits per heavy atom. The van der Waals surface area contributed by atoms with Crippen molar-refractivity contribution in [2.75, 3.05) is 11.9 Å². The fourth-order valence-electron chi connectivity index (χ4n) is 3.06. The van der Waals surface area contributed by atoms with Gasteiger partial charge in [-0.25, -0.2) is 0 Å². The summed E-state index contributed by atoms with van der Waals surface area (Å²) in [5.41, 5.74) is 1.98. The minimum atomic E-state index is 0.256. The number of aliphatic hydroxyl groups excluding tert-OH is 1. The predicted octanol–water partition coefficient (Wildman–Crippen LogP) is 3.85. The smallest absolute Gasteiger partial charge is 0.0737 e. The van der Waals surface area contributed by atoms with Crippen molar-refractivity contribution < 1.29 is 5.11 Å². The van der Waals surface area contributed by atoms with Gasteiger partial charge in [-0.05, 0) is 37.1 Å².